The summed E-state index contributed by atoms with van der Waals surface area (Å²) >= 11 is 3.55. The molecule has 1 aromatic carbocycles. The molecule has 1 aliphatic heterocycles. The van der Waals surface area contributed by atoms with Gasteiger partial charge < -0.3 is 4.90 Å². The van der Waals surface area contributed by atoms with Gasteiger partial charge in [-0.25, -0.2) is 0 Å². The second kappa shape index (κ2) is 4.40. The number of benzene rings is 1. The third kappa shape index (κ3) is 2.13. The van der Waals surface area contributed by atoms with Crippen molar-refractivity contribution in [2.24, 2.45) is 11.8 Å². The van der Waals surface area contributed by atoms with Crippen LogP contribution in [0.4, 0.5) is 5.69 Å². The van der Waals surface area contributed by atoms with E-state index in [1.165, 1.54) is 34.4 Å². The van der Waals surface area contributed by atoms with Gasteiger partial charge in [0, 0.05) is 23.2 Å². The van der Waals surface area contributed by atoms with E-state index < -0.39 is 0 Å². The summed E-state index contributed by atoms with van der Waals surface area (Å²) in [5.41, 5.74) is 4.21. The number of halogens is 1. The first-order valence-corrected chi connectivity index (χ1v) is 6.80. The number of aryl methyl sites for hydroxylation is 2. The van der Waals surface area contributed by atoms with Crippen LogP contribution in [-0.2, 0) is 0 Å². The molecule has 0 radical (unpaired) electrons. The molecule has 1 fully saturated rings. The molecule has 0 saturated carbocycles. The fourth-order valence-corrected chi connectivity index (χ4v) is 3.21. The van der Waals surface area contributed by atoms with Crippen LogP contribution in [0, 0.1) is 25.7 Å². The number of hydrogen-bond acceptors (Lipinski definition) is 1. The van der Waals surface area contributed by atoms with Crippen molar-refractivity contribution in [1.29, 1.82) is 0 Å². The number of hydrogen-bond donors (Lipinski definition) is 0. The molecule has 1 aromatic rings. The number of anilines is 1. The van der Waals surface area contributed by atoms with Crippen LogP contribution in [0.25, 0.3) is 0 Å². The molecule has 0 spiro atoms. The van der Waals surface area contributed by atoms with Crippen molar-refractivity contribution in [3.05, 3.63) is 27.7 Å². The normalized spacial score (nSPS) is 16.8. The van der Waals surface area contributed by atoms with Gasteiger partial charge in [-0.1, -0.05) is 29.8 Å². The number of rotatable bonds is 2. The highest BCUT2D eigenvalue weighted by molar-refractivity contribution is 9.10. The molecule has 0 atom stereocenters. The summed E-state index contributed by atoms with van der Waals surface area (Å²) in [4.78, 5) is 2.52. The lowest BCUT2D eigenvalue weighted by Crippen LogP contribution is -2.49. The average molecular weight is 282 g/mol. The second-order valence-electron chi connectivity index (χ2n) is 5.30. The molecular formula is C14H20BrN. The summed E-state index contributed by atoms with van der Waals surface area (Å²) in [6.07, 6.45) is 0. The Kier molecular flexibility index (Phi) is 3.29. The highest BCUT2D eigenvalue weighted by Gasteiger charge is 2.30. The van der Waals surface area contributed by atoms with E-state index in [2.05, 4.69) is 60.7 Å². The lowest BCUT2D eigenvalue weighted by Gasteiger charge is -2.44. The molecule has 1 nitrogen and oxygen atoms in total. The van der Waals surface area contributed by atoms with E-state index in [-0.39, 0.29) is 0 Å². The predicted octanol–water partition coefficient (Wildman–Crippen LogP) is 4.16. The molecule has 2 rings (SSSR count). The third-order valence-electron chi connectivity index (χ3n) is 3.62. The van der Waals surface area contributed by atoms with Crippen molar-refractivity contribution in [3.63, 3.8) is 0 Å². The monoisotopic (exact) mass is 281 g/mol. The Morgan fingerprint density at radius 1 is 1.19 bits per heavy atom. The minimum Gasteiger partial charge on any atom is -0.370 e. The Morgan fingerprint density at radius 2 is 1.69 bits per heavy atom. The molecule has 0 amide bonds. The van der Waals surface area contributed by atoms with E-state index in [0.717, 1.165) is 11.8 Å². The maximum Gasteiger partial charge on any atom is 0.0426 e. The molecule has 1 aliphatic rings. The largest absolute Gasteiger partial charge is 0.370 e. The van der Waals surface area contributed by atoms with Gasteiger partial charge >= 0.3 is 0 Å². The van der Waals surface area contributed by atoms with Crippen LogP contribution in [0.3, 0.4) is 0 Å². The summed E-state index contributed by atoms with van der Waals surface area (Å²) in [6.45, 7) is 11.5. The Labute approximate surface area is 107 Å². The molecular weight excluding hydrogens is 262 g/mol. The maximum atomic E-state index is 3.55. The van der Waals surface area contributed by atoms with Crippen molar-refractivity contribution in [1.82, 2.24) is 0 Å². The Morgan fingerprint density at radius 3 is 2.12 bits per heavy atom. The van der Waals surface area contributed by atoms with E-state index in [0.29, 0.717) is 0 Å². The first-order chi connectivity index (χ1) is 7.49. The first-order valence-electron chi connectivity index (χ1n) is 6.00. The zero-order chi connectivity index (χ0) is 11.9. The van der Waals surface area contributed by atoms with Crippen molar-refractivity contribution in [2.75, 3.05) is 18.0 Å². The Hall–Kier alpha value is -0.500. The minimum atomic E-state index is 0.812. The van der Waals surface area contributed by atoms with Crippen LogP contribution in [0.5, 0.6) is 0 Å². The summed E-state index contributed by atoms with van der Waals surface area (Å²) in [7, 11) is 0. The van der Waals surface area contributed by atoms with Gasteiger partial charge in [-0.05, 0) is 48.9 Å². The van der Waals surface area contributed by atoms with Crippen LogP contribution in [0.15, 0.2) is 16.6 Å². The molecule has 0 aliphatic carbocycles. The fraction of sp³-hybridized carbons (Fsp3) is 0.571. The van der Waals surface area contributed by atoms with E-state index in [1.54, 1.807) is 0 Å². The molecule has 0 bridgehead atoms. The molecule has 1 heterocycles. The minimum absolute atomic E-state index is 0.812. The van der Waals surface area contributed by atoms with E-state index >= 15 is 0 Å². The standard InChI is InChI=1S/C14H20BrN/c1-9(2)12-7-16(8-12)14-10(3)5-13(15)6-11(14)4/h5-6,9,12H,7-8H2,1-4H3. The van der Waals surface area contributed by atoms with Gasteiger partial charge in [-0.3, -0.25) is 0 Å². The highest BCUT2D eigenvalue weighted by Crippen LogP contribution is 2.35. The second-order valence-corrected chi connectivity index (χ2v) is 6.21. The lowest BCUT2D eigenvalue weighted by atomic mass is 9.87. The smallest absolute Gasteiger partial charge is 0.0426 e. The zero-order valence-electron chi connectivity index (χ0n) is 10.5. The molecule has 88 valence electrons. The maximum absolute atomic E-state index is 3.55. The van der Waals surface area contributed by atoms with Crippen LogP contribution < -0.4 is 4.90 Å². The van der Waals surface area contributed by atoms with Gasteiger partial charge in [-0.2, -0.15) is 0 Å². The SMILES string of the molecule is Cc1cc(Br)cc(C)c1N1CC(C(C)C)C1. The summed E-state index contributed by atoms with van der Waals surface area (Å²) < 4.78 is 1.19. The van der Waals surface area contributed by atoms with Crippen molar-refractivity contribution >= 4 is 21.6 Å². The molecule has 0 aromatic heterocycles. The van der Waals surface area contributed by atoms with Gasteiger partial charge in [0.2, 0.25) is 0 Å². The van der Waals surface area contributed by atoms with Crippen LogP contribution in [0.1, 0.15) is 25.0 Å². The summed E-state index contributed by atoms with van der Waals surface area (Å²) in [5.74, 6) is 1.69. The third-order valence-corrected chi connectivity index (χ3v) is 4.08. The van der Waals surface area contributed by atoms with E-state index in [9.17, 15) is 0 Å². The molecule has 2 heteroatoms. The topological polar surface area (TPSA) is 3.24 Å². The first kappa shape index (κ1) is 12.0. The van der Waals surface area contributed by atoms with Gasteiger partial charge in [0.15, 0.2) is 0 Å². The molecule has 0 N–H and O–H groups in total. The van der Waals surface area contributed by atoms with Crippen molar-refractivity contribution < 1.29 is 0 Å². The van der Waals surface area contributed by atoms with Crippen LogP contribution in [0.2, 0.25) is 0 Å². The quantitative estimate of drug-likeness (QED) is 0.787. The molecule has 16 heavy (non-hydrogen) atoms. The average Bonchev–Trinajstić information content (AvgIpc) is 2.05. The zero-order valence-corrected chi connectivity index (χ0v) is 12.1. The van der Waals surface area contributed by atoms with Gasteiger partial charge in [0.1, 0.15) is 0 Å². The van der Waals surface area contributed by atoms with Crippen LogP contribution in [-0.4, -0.2) is 13.1 Å². The van der Waals surface area contributed by atoms with Gasteiger partial charge in [-0.15, -0.1) is 0 Å². The van der Waals surface area contributed by atoms with E-state index in [4.69, 9.17) is 0 Å². The predicted molar refractivity (Wildman–Crippen MR) is 74.2 cm³/mol. The Balaban J connectivity index is 2.18. The lowest BCUT2D eigenvalue weighted by molar-refractivity contribution is 0.309. The van der Waals surface area contributed by atoms with Gasteiger partial charge in [0.25, 0.3) is 0 Å². The van der Waals surface area contributed by atoms with Crippen LogP contribution >= 0.6 is 15.9 Å². The summed E-state index contributed by atoms with van der Waals surface area (Å²) in [5, 5.41) is 0. The molecule has 1 saturated heterocycles. The van der Waals surface area contributed by atoms with Crippen molar-refractivity contribution in [3.8, 4) is 0 Å². The summed E-state index contributed by atoms with van der Waals surface area (Å²) in [6, 6.07) is 4.43. The van der Waals surface area contributed by atoms with E-state index in [1.807, 2.05) is 0 Å². The Bertz CT molecular complexity index is 369. The van der Waals surface area contributed by atoms with Gasteiger partial charge in [0.05, 0.1) is 0 Å². The fourth-order valence-electron chi connectivity index (χ4n) is 2.52. The molecule has 0 unspecified atom stereocenters. The highest BCUT2D eigenvalue weighted by atomic mass is 79.9. The van der Waals surface area contributed by atoms with Crippen molar-refractivity contribution in [2.45, 2.75) is 27.7 Å². The number of nitrogens with zero attached hydrogens (tertiary/aromatic N) is 1.